The molecule has 12 heteroatoms. The van der Waals surface area contributed by atoms with Crippen molar-refractivity contribution in [3.8, 4) is 5.69 Å². The molecular weight excluding hydrogens is 398 g/mol. The molecule has 1 atom stereocenters. The van der Waals surface area contributed by atoms with Crippen molar-refractivity contribution >= 4 is 21.6 Å². The number of amides is 1. The summed E-state index contributed by atoms with van der Waals surface area (Å²) in [4.78, 5) is 12.9. The number of hydrogen-bond acceptors (Lipinski definition) is 8. The Bertz CT molecular complexity index is 1120. The first-order valence-corrected chi connectivity index (χ1v) is 10.4. The highest BCUT2D eigenvalue weighted by molar-refractivity contribution is 7.89. The van der Waals surface area contributed by atoms with Crippen molar-refractivity contribution in [2.75, 3.05) is 11.9 Å². The number of benzene rings is 1. The lowest BCUT2D eigenvalue weighted by Gasteiger charge is -2.23. The monoisotopic (exact) mass is 417 g/mol. The topological polar surface area (TPSA) is 136 Å². The van der Waals surface area contributed by atoms with Crippen LogP contribution in [-0.4, -0.2) is 56.6 Å². The summed E-state index contributed by atoms with van der Waals surface area (Å²) < 4.78 is 34.0. The molecule has 0 aliphatic carbocycles. The van der Waals surface area contributed by atoms with Gasteiger partial charge in [0.05, 0.1) is 5.69 Å². The molecule has 4 rings (SSSR count). The number of nitrogens with one attached hydrogen (secondary N) is 1. The molecule has 1 N–H and O–H groups in total. The Hall–Kier alpha value is -3.12. The number of tetrazole rings is 1. The number of anilines is 1. The molecule has 0 saturated carbocycles. The maximum absolute atomic E-state index is 13.1. The van der Waals surface area contributed by atoms with Gasteiger partial charge in [0.2, 0.25) is 15.9 Å². The van der Waals surface area contributed by atoms with Gasteiger partial charge in [0.25, 0.3) is 0 Å². The second-order valence-corrected chi connectivity index (χ2v) is 8.55. The van der Waals surface area contributed by atoms with Crippen molar-refractivity contribution in [3.63, 3.8) is 0 Å². The van der Waals surface area contributed by atoms with Crippen LogP contribution in [-0.2, 0) is 14.8 Å². The van der Waals surface area contributed by atoms with Crippen molar-refractivity contribution in [2.45, 2.75) is 37.6 Å². The molecule has 1 aliphatic rings. The van der Waals surface area contributed by atoms with Crippen molar-refractivity contribution in [1.29, 1.82) is 0 Å². The van der Waals surface area contributed by atoms with E-state index in [2.05, 4.69) is 26.0 Å². The van der Waals surface area contributed by atoms with Crippen LogP contribution in [0.2, 0.25) is 0 Å². The van der Waals surface area contributed by atoms with Gasteiger partial charge in [-0.2, -0.15) is 4.31 Å². The van der Waals surface area contributed by atoms with Gasteiger partial charge in [0.1, 0.15) is 23.0 Å². The van der Waals surface area contributed by atoms with Crippen LogP contribution in [0.15, 0.2) is 40.0 Å². The fourth-order valence-electron chi connectivity index (χ4n) is 3.48. The summed E-state index contributed by atoms with van der Waals surface area (Å²) in [7, 11) is -3.90. The average molecular weight is 417 g/mol. The van der Waals surface area contributed by atoms with Crippen molar-refractivity contribution in [2.24, 2.45) is 0 Å². The summed E-state index contributed by atoms with van der Waals surface area (Å²) >= 11 is 0. The summed E-state index contributed by atoms with van der Waals surface area (Å²) in [6.07, 6.45) is 2.46. The molecule has 0 bridgehead atoms. The van der Waals surface area contributed by atoms with Gasteiger partial charge in [-0.25, -0.2) is 13.1 Å². The number of rotatable bonds is 5. The van der Waals surface area contributed by atoms with E-state index in [4.69, 9.17) is 4.52 Å². The lowest BCUT2D eigenvalue weighted by Crippen LogP contribution is -2.43. The van der Waals surface area contributed by atoms with Gasteiger partial charge in [-0.05, 0) is 55.3 Å². The molecule has 0 spiro atoms. The zero-order valence-corrected chi connectivity index (χ0v) is 16.6. The van der Waals surface area contributed by atoms with E-state index >= 15 is 0 Å². The van der Waals surface area contributed by atoms with Crippen LogP contribution >= 0.6 is 0 Å². The third kappa shape index (κ3) is 3.51. The van der Waals surface area contributed by atoms with Crippen molar-refractivity contribution < 1.29 is 17.7 Å². The number of aromatic nitrogens is 5. The van der Waals surface area contributed by atoms with Gasteiger partial charge in [-0.15, -0.1) is 5.10 Å². The second-order valence-electron chi connectivity index (χ2n) is 6.72. The number of sulfonamides is 1. The standard InChI is InChI=1S/C17H19N7O4S/c1-11-16(12(2)28-20-11)29(26,27)24-8-4-7-15(24)17(25)19-13-5-3-6-14(9-13)23-10-18-21-22-23/h3,5-6,9-10,15H,4,7-8H2,1-2H3,(H,19,25)/t15-/m0/s1. The van der Waals surface area contributed by atoms with Crippen LogP contribution in [0.4, 0.5) is 5.69 Å². The molecule has 1 aromatic carbocycles. The largest absolute Gasteiger partial charge is 0.360 e. The Morgan fingerprint density at radius 1 is 1.31 bits per heavy atom. The van der Waals surface area contributed by atoms with E-state index < -0.39 is 22.0 Å². The average Bonchev–Trinajstić information content (AvgIpc) is 3.43. The fraction of sp³-hybridized carbons (Fsp3) is 0.353. The summed E-state index contributed by atoms with van der Waals surface area (Å²) in [6, 6.07) is 6.14. The van der Waals surface area contributed by atoms with Crippen molar-refractivity contribution in [3.05, 3.63) is 42.0 Å². The summed E-state index contributed by atoms with van der Waals surface area (Å²) in [5.41, 5.74) is 1.46. The molecule has 2 aromatic heterocycles. The number of carbonyl (C=O) groups excluding carboxylic acids is 1. The molecule has 1 saturated heterocycles. The van der Waals surface area contributed by atoms with E-state index in [9.17, 15) is 13.2 Å². The Balaban J connectivity index is 1.57. The molecule has 11 nitrogen and oxygen atoms in total. The third-order valence-electron chi connectivity index (χ3n) is 4.77. The smallest absolute Gasteiger partial charge is 0.249 e. The SMILES string of the molecule is Cc1noc(C)c1S(=O)(=O)N1CCC[C@H]1C(=O)Nc1cccc(-n2cnnn2)c1. The van der Waals surface area contributed by atoms with E-state index in [-0.39, 0.29) is 22.9 Å². The number of carbonyl (C=O) groups is 1. The number of aryl methyl sites for hydroxylation is 2. The zero-order valence-electron chi connectivity index (χ0n) is 15.8. The van der Waals surface area contributed by atoms with Gasteiger partial charge in [0.15, 0.2) is 5.76 Å². The van der Waals surface area contributed by atoms with Gasteiger partial charge < -0.3 is 9.84 Å². The highest BCUT2D eigenvalue weighted by atomic mass is 32.2. The first kappa shape index (κ1) is 19.2. The first-order valence-electron chi connectivity index (χ1n) is 8.97. The molecule has 29 heavy (non-hydrogen) atoms. The minimum atomic E-state index is -3.90. The Morgan fingerprint density at radius 2 is 2.14 bits per heavy atom. The molecule has 0 unspecified atom stereocenters. The van der Waals surface area contributed by atoms with E-state index in [0.717, 1.165) is 0 Å². The summed E-state index contributed by atoms with van der Waals surface area (Å²) in [6.45, 7) is 3.37. The predicted molar refractivity (Wildman–Crippen MR) is 101 cm³/mol. The minimum absolute atomic E-state index is 0.0258. The molecular formula is C17H19N7O4S. The van der Waals surface area contributed by atoms with Crippen LogP contribution in [0.3, 0.4) is 0 Å². The first-order chi connectivity index (χ1) is 13.9. The molecule has 1 fully saturated rings. The third-order valence-corrected chi connectivity index (χ3v) is 6.92. The quantitative estimate of drug-likeness (QED) is 0.651. The maximum Gasteiger partial charge on any atom is 0.249 e. The van der Waals surface area contributed by atoms with E-state index in [1.807, 2.05) is 0 Å². The van der Waals surface area contributed by atoms with E-state index in [1.165, 1.54) is 15.3 Å². The lowest BCUT2D eigenvalue weighted by atomic mass is 10.2. The second kappa shape index (κ2) is 7.37. The van der Waals surface area contributed by atoms with Crippen molar-refractivity contribution in [1.82, 2.24) is 29.7 Å². The van der Waals surface area contributed by atoms with Crippen LogP contribution in [0.5, 0.6) is 0 Å². The highest BCUT2D eigenvalue weighted by Crippen LogP contribution is 2.30. The van der Waals surface area contributed by atoms with Crippen LogP contribution in [0.1, 0.15) is 24.3 Å². The number of hydrogen-bond donors (Lipinski definition) is 1. The molecule has 152 valence electrons. The molecule has 3 heterocycles. The van der Waals surface area contributed by atoms with Gasteiger partial charge >= 0.3 is 0 Å². The van der Waals surface area contributed by atoms with E-state index in [0.29, 0.717) is 24.2 Å². The van der Waals surface area contributed by atoms with E-state index in [1.54, 1.807) is 38.1 Å². The Labute approximate surface area is 166 Å². The zero-order chi connectivity index (χ0) is 20.6. The minimum Gasteiger partial charge on any atom is -0.360 e. The van der Waals surface area contributed by atoms with Crippen LogP contribution < -0.4 is 5.32 Å². The highest BCUT2D eigenvalue weighted by Gasteiger charge is 2.41. The molecule has 3 aromatic rings. The fourth-order valence-corrected chi connectivity index (χ4v) is 5.43. The van der Waals surface area contributed by atoms with Gasteiger partial charge in [-0.1, -0.05) is 11.2 Å². The Morgan fingerprint density at radius 3 is 2.83 bits per heavy atom. The molecule has 1 amide bonds. The number of nitrogens with zero attached hydrogens (tertiary/aromatic N) is 6. The van der Waals surface area contributed by atoms with Crippen LogP contribution in [0, 0.1) is 13.8 Å². The summed E-state index contributed by atoms with van der Waals surface area (Å²) in [5, 5.41) is 17.5. The summed E-state index contributed by atoms with van der Waals surface area (Å²) in [5.74, 6) is -0.186. The van der Waals surface area contributed by atoms with Gasteiger partial charge in [0, 0.05) is 12.2 Å². The lowest BCUT2D eigenvalue weighted by molar-refractivity contribution is -0.119. The normalized spacial score (nSPS) is 17.5. The maximum atomic E-state index is 13.1. The molecule has 0 radical (unpaired) electrons. The molecule has 1 aliphatic heterocycles. The van der Waals surface area contributed by atoms with Gasteiger partial charge in [-0.3, -0.25) is 4.79 Å². The Kier molecular flexibility index (Phi) is 4.88. The van der Waals surface area contributed by atoms with Crippen LogP contribution in [0.25, 0.3) is 5.69 Å². The predicted octanol–water partition coefficient (Wildman–Crippen LogP) is 1.06.